The first-order valence-electron chi connectivity index (χ1n) is 5.03. The number of carboxylic acids is 1. The van der Waals surface area contributed by atoms with Crippen LogP contribution >= 0.6 is 0 Å². The van der Waals surface area contributed by atoms with Gasteiger partial charge >= 0.3 is 5.97 Å². The summed E-state index contributed by atoms with van der Waals surface area (Å²) in [4.78, 5) is 22.5. The number of hydrogen-bond donors (Lipinski definition) is 1. The van der Waals surface area contributed by atoms with Crippen LogP contribution in [0.4, 0.5) is 0 Å². The summed E-state index contributed by atoms with van der Waals surface area (Å²) < 4.78 is 5.28. The standard InChI is InChI=1S/C12H12O4/c1-6-3-8-9(13)5-11(12(14)15)16-10(8)4-7(6)2/h3-4,11H,5H2,1-2H3,(H,14,15). The van der Waals surface area contributed by atoms with Crippen molar-refractivity contribution in [1.82, 2.24) is 0 Å². The Hall–Kier alpha value is -1.84. The summed E-state index contributed by atoms with van der Waals surface area (Å²) in [7, 11) is 0. The number of hydrogen-bond acceptors (Lipinski definition) is 3. The molecule has 1 atom stereocenters. The number of Topliss-reactive ketones (excluding diaryl/α,β-unsaturated/α-hetero) is 1. The van der Waals surface area contributed by atoms with Crippen LogP contribution in [0.5, 0.6) is 5.75 Å². The second-order valence-corrected chi connectivity index (χ2v) is 4.00. The first-order chi connectivity index (χ1) is 7.49. The second-order valence-electron chi connectivity index (χ2n) is 4.00. The number of aliphatic carboxylic acids is 1. The lowest BCUT2D eigenvalue weighted by Crippen LogP contribution is -2.34. The van der Waals surface area contributed by atoms with Crippen LogP contribution in [0.1, 0.15) is 27.9 Å². The molecule has 0 radical (unpaired) electrons. The van der Waals surface area contributed by atoms with E-state index < -0.39 is 12.1 Å². The quantitative estimate of drug-likeness (QED) is 0.782. The smallest absolute Gasteiger partial charge is 0.345 e. The van der Waals surface area contributed by atoms with Gasteiger partial charge in [0.15, 0.2) is 5.78 Å². The van der Waals surface area contributed by atoms with E-state index in [2.05, 4.69) is 0 Å². The zero-order valence-electron chi connectivity index (χ0n) is 9.11. The molecule has 1 aromatic carbocycles. The maximum Gasteiger partial charge on any atom is 0.345 e. The molecular weight excluding hydrogens is 208 g/mol. The van der Waals surface area contributed by atoms with Gasteiger partial charge in [-0.3, -0.25) is 4.79 Å². The number of ether oxygens (including phenoxy) is 1. The minimum atomic E-state index is -1.10. The molecule has 0 aliphatic carbocycles. The van der Waals surface area contributed by atoms with Crippen molar-refractivity contribution < 1.29 is 19.4 Å². The molecule has 1 aliphatic rings. The fraction of sp³-hybridized carbons (Fsp3) is 0.333. The van der Waals surface area contributed by atoms with Crippen LogP contribution in [0, 0.1) is 13.8 Å². The first kappa shape index (κ1) is 10.7. The highest BCUT2D eigenvalue weighted by atomic mass is 16.5. The van der Waals surface area contributed by atoms with Crippen molar-refractivity contribution in [3.8, 4) is 5.75 Å². The van der Waals surface area contributed by atoms with E-state index in [0.717, 1.165) is 11.1 Å². The number of rotatable bonds is 1. The Morgan fingerprint density at radius 3 is 2.62 bits per heavy atom. The van der Waals surface area contributed by atoms with E-state index in [0.29, 0.717) is 11.3 Å². The van der Waals surface area contributed by atoms with E-state index >= 15 is 0 Å². The Morgan fingerprint density at radius 1 is 1.38 bits per heavy atom. The SMILES string of the molecule is Cc1cc2c(cc1C)C(=O)CC(C(=O)O)O2. The Bertz CT molecular complexity index is 476. The second kappa shape index (κ2) is 3.63. The molecule has 0 saturated carbocycles. The summed E-state index contributed by atoms with van der Waals surface area (Å²) in [6.07, 6.45) is -1.15. The van der Waals surface area contributed by atoms with Gasteiger partial charge in [0.1, 0.15) is 5.75 Å². The summed E-state index contributed by atoms with van der Waals surface area (Å²) in [5.41, 5.74) is 2.47. The lowest BCUT2D eigenvalue weighted by Gasteiger charge is -2.23. The molecule has 1 aliphatic heterocycles. The van der Waals surface area contributed by atoms with Crippen molar-refractivity contribution in [3.05, 3.63) is 28.8 Å². The average Bonchev–Trinajstić information content (AvgIpc) is 2.20. The maximum atomic E-state index is 11.7. The lowest BCUT2D eigenvalue weighted by atomic mass is 9.96. The highest BCUT2D eigenvalue weighted by Gasteiger charge is 2.31. The number of carboxylic acid groups (broad SMARTS) is 1. The van der Waals surface area contributed by atoms with Gasteiger partial charge in [0, 0.05) is 0 Å². The minimum absolute atomic E-state index is 0.0924. The molecule has 1 N–H and O–H groups in total. The van der Waals surface area contributed by atoms with Crippen molar-refractivity contribution in [1.29, 1.82) is 0 Å². The number of carbonyl (C=O) groups is 2. The normalized spacial score (nSPS) is 18.9. The number of fused-ring (bicyclic) bond motifs is 1. The molecule has 0 aromatic heterocycles. The molecule has 1 aromatic rings. The van der Waals surface area contributed by atoms with Gasteiger partial charge in [-0.25, -0.2) is 4.79 Å². The van der Waals surface area contributed by atoms with Gasteiger partial charge in [-0.1, -0.05) is 0 Å². The van der Waals surface area contributed by atoms with E-state index in [1.54, 1.807) is 12.1 Å². The van der Waals surface area contributed by atoms with E-state index in [-0.39, 0.29) is 12.2 Å². The van der Waals surface area contributed by atoms with E-state index in [1.807, 2.05) is 13.8 Å². The Kier molecular flexibility index (Phi) is 2.42. The molecule has 1 heterocycles. The zero-order valence-corrected chi connectivity index (χ0v) is 9.11. The van der Waals surface area contributed by atoms with Crippen molar-refractivity contribution >= 4 is 11.8 Å². The fourth-order valence-corrected chi connectivity index (χ4v) is 1.72. The molecule has 1 unspecified atom stereocenters. The van der Waals surface area contributed by atoms with Crippen LogP contribution in [0.3, 0.4) is 0 Å². The average molecular weight is 220 g/mol. The van der Waals surface area contributed by atoms with E-state index in [1.165, 1.54) is 0 Å². The summed E-state index contributed by atoms with van der Waals surface area (Å²) in [6.45, 7) is 3.81. The lowest BCUT2D eigenvalue weighted by molar-refractivity contribution is -0.145. The Balaban J connectivity index is 2.46. The predicted octanol–water partition coefficient (Wildman–Crippen LogP) is 1.72. The molecule has 0 amide bonds. The van der Waals surface area contributed by atoms with Crippen LogP contribution in [-0.2, 0) is 4.79 Å². The van der Waals surface area contributed by atoms with Gasteiger partial charge in [0.05, 0.1) is 12.0 Å². The zero-order chi connectivity index (χ0) is 11.9. The highest BCUT2D eigenvalue weighted by molar-refractivity contribution is 6.02. The van der Waals surface area contributed by atoms with E-state index in [9.17, 15) is 9.59 Å². The molecule has 2 rings (SSSR count). The van der Waals surface area contributed by atoms with Crippen molar-refractivity contribution in [2.75, 3.05) is 0 Å². The first-order valence-corrected chi connectivity index (χ1v) is 5.03. The topological polar surface area (TPSA) is 63.6 Å². The highest BCUT2D eigenvalue weighted by Crippen LogP contribution is 2.30. The number of ketones is 1. The fourth-order valence-electron chi connectivity index (χ4n) is 1.72. The van der Waals surface area contributed by atoms with Gasteiger partial charge in [0.2, 0.25) is 6.10 Å². The predicted molar refractivity (Wildman–Crippen MR) is 56.9 cm³/mol. The van der Waals surface area contributed by atoms with Gasteiger partial charge in [0.25, 0.3) is 0 Å². The molecule has 0 spiro atoms. The van der Waals surface area contributed by atoms with Crippen molar-refractivity contribution in [2.24, 2.45) is 0 Å². The van der Waals surface area contributed by atoms with Gasteiger partial charge in [-0.05, 0) is 37.1 Å². The minimum Gasteiger partial charge on any atom is -0.478 e. The summed E-state index contributed by atoms with van der Waals surface area (Å²) in [5, 5.41) is 8.83. The monoisotopic (exact) mass is 220 g/mol. The van der Waals surface area contributed by atoms with Crippen molar-refractivity contribution in [2.45, 2.75) is 26.4 Å². The third kappa shape index (κ3) is 1.66. The van der Waals surface area contributed by atoms with Crippen LogP contribution in [-0.4, -0.2) is 23.0 Å². The molecule has 0 bridgehead atoms. The van der Waals surface area contributed by atoms with Gasteiger partial charge < -0.3 is 9.84 Å². The third-order valence-corrected chi connectivity index (χ3v) is 2.81. The van der Waals surface area contributed by atoms with Crippen LogP contribution in [0.25, 0.3) is 0 Å². The Labute approximate surface area is 92.8 Å². The number of aryl methyl sites for hydroxylation is 2. The molecule has 0 fully saturated rings. The molecule has 84 valence electrons. The van der Waals surface area contributed by atoms with Crippen molar-refractivity contribution in [3.63, 3.8) is 0 Å². The number of benzene rings is 1. The summed E-state index contributed by atoms with van der Waals surface area (Å²) in [6, 6.07) is 3.47. The maximum absolute atomic E-state index is 11.7. The molecule has 4 nitrogen and oxygen atoms in total. The summed E-state index contributed by atoms with van der Waals surface area (Å²) in [5.74, 6) is -0.888. The van der Waals surface area contributed by atoms with Crippen LogP contribution in [0.15, 0.2) is 12.1 Å². The van der Waals surface area contributed by atoms with E-state index in [4.69, 9.17) is 9.84 Å². The Morgan fingerprint density at radius 2 is 2.00 bits per heavy atom. The van der Waals surface area contributed by atoms with Crippen LogP contribution in [0.2, 0.25) is 0 Å². The molecule has 16 heavy (non-hydrogen) atoms. The summed E-state index contributed by atoms with van der Waals surface area (Å²) >= 11 is 0. The molecule has 0 saturated heterocycles. The molecular formula is C12H12O4. The van der Waals surface area contributed by atoms with Crippen LogP contribution < -0.4 is 4.74 Å². The largest absolute Gasteiger partial charge is 0.478 e. The molecule has 4 heteroatoms. The van der Waals surface area contributed by atoms with Gasteiger partial charge in [-0.15, -0.1) is 0 Å². The third-order valence-electron chi connectivity index (χ3n) is 2.81. The van der Waals surface area contributed by atoms with Gasteiger partial charge in [-0.2, -0.15) is 0 Å². The number of carbonyl (C=O) groups excluding carboxylic acids is 1.